The fourth-order valence-electron chi connectivity index (χ4n) is 2.98. The van der Waals surface area contributed by atoms with Crippen molar-refractivity contribution in [3.8, 4) is 5.75 Å². The summed E-state index contributed by atoms with van der Waals surface area (Å²) in [5.74, 6) is 0.896. The fraction of sp³-hybridized carbons (Fsp3) is 0.294. The molecule has 0 aromatic heterocycles. The van der Waals surface area contributed by atoms with Gasteiger partial charge in [-0.15, -0.1) is 0 Å². The van der Waals surface area contributed by atoms with Crippen LogP contribution in [0.15, 0.2) is 54.6 Å². The zero-order valence-corrected chi connectivity index (χ0v) is 11.1. The summed E-state index contributed by atoms with van der Waals surface area (Å²) in [4.78, 5) is 0. The molecule has 0 saturated carbocycles. The number of fused-ring (bicyclic) bond motifs is 3. The summed E-state index contributed by atoms with van der Waals surface area (Å²) in [6.45, 7) is 1.26. The SMILES string of the molecule is c1ccc(C2Oc3ccccc3[C@@H]3OCCO[C@@H]23)cc1. The second kappa shape index (κ2) is 4.93. The van der Waals surface area contributed by atoms with E-state index in [1.54, 1.807) is 0 Å². The molecule has 0 aliphatic carbocycles. The van der Waals surface area contributed by atoms with Crippen LogP contribution in [0.5, 0.6) is 5.75 Å². The van der Waals surface area contributed by atoms with E-state index in [2.05, 4.69) is 18.2 Å². The third-order valence-electron chi connectivity index (χ3n) is 3.90. The number of hydrogen-bond donors (Lipinski definition) is 0. The minimum atomic E-state index is -0.114. The molecule has 1 saturated heterocycles. The molecule has 0 bridgehead atoms. The summed E-state index contributed by atoms with van der Waals surface area (Å²) < 4.78 is 18.1. The highest BCUT2D eigenvalue weighted by atomic mass is 16.6. The number of hydrogen-bond acceptors (Lipinski definition) is 3. The van der Waals surface area contributed by atoms with Crippen LogP contribution in [0.2, 0.25) is 0 Å². The third-order valence-corrected chi connectivity index (χ3v) is 3.90. The van der Waals surface area contributed by atoms with Gasteiger partial charge in [-0.1, -0.05) is 48.5 Å². The zero-order chi connectivity index (χ0) is 13.4. The van der Waals surface area contributed by atoms with Crippen LogP contribution in [0, 0.1) is 0 Å². The molecule has 3 nitrogen and oxygen atoms in total. The van der Waals surface area contributed by atoms with Crippen molar-refractivity contribution in [2.75, 3.05) is 13.2 Å². The molecule has 1 unspecified atom stereocenters. The Morgan fingerprint density at radius 1 is 0.750 bits per heavy atom. The van der Waals surface area contributed by atoms with Gasteiger partial charge in [-0.25, -0.2) is 0 Å². The minimum Gasteiger partial charge on any atom is -0.482 e. The standard InChI is InChI=1S/C17H16O3/c1-2-6-12(7-3-1)15-17-16(18-10-11-19-17)13-8-4-5-9-14(13)20-15/h1-9,15-17H,10-11H2/t15?,16-,17-/m0/s1. The van der Waals surface area contributed by atoms with Crippen LogP contribution in [0.4, 0.5) is 0 Å². The van der Waals surface area contributed by atoms with Crippen LogP contribution >= 0.6 is 0 Å². The lowest BCUT2D eigenvalue weighted by molar-refractivity contribution is -0.185. The van der Waals surface area contributed by atoms with Crippen molar-refractivity contribution in [2.45, 2.75) is 18.3 Å². The van der Waals surface area contributed by atoms with Crippen molar-refractivity contribution in [3.63, 3.8) is 0 Å². The number of ether oxygens (including phenoxy) is 3. The fourth-order valence-corrected chi connectivity index (χ4v) is 2.98. The first kappa shape index (κ1) is 11.9. The van der Waals surface area contributed by atoms with E-state index in [1.807, 2.05) is 36.4 Å². The topological polar surface area (TPSA) is 27.7 Å². The molecule has 2 aromatic rings. The quantitative estimate of drug-likeness (QED) is 0.794. The van der Waals surface area contributed by atoms with E-state index in [-0.39, 0.29) is 18.3 Å². The van der Waals surface area contributed by atoms with Gasteiger partial charge in [-0.05, 0) is 11.6 Å². The Kier molecular flexibility index (Phi) is 2.94. The molecular weight excluding hydrogens is 252 g/mol. The molecule has 102 valence electrons. The minimum absolute atomic E-state index is 0.0427. The Bertz CT molecular complexity index is 596. The van der Waals surface area contributed by atoms with Gasteiger partial charge in [0.1, 0.15) is 18.0 Å². The van der Waals surface area contributed by atoms with Gasteiger partial charge < -0.3 is 14.2 Å². The smallest absolute Gasteiger partial charge is 0.153 e. The van der Waals surface area contributed by atoms with Crippen LogP contribution in [0.1, 0.15) is 23.3 Å². The van der Waals surface area contributed by atoms with E-state index in [9.17, 15) is 0 Å². The summed E-state index contributed by atoms with van der Waals surface area (Å²) in [5.41, 5.74) is 2.21. The van der Waals surface area contributed by atoms with Gasteiger partial charge in [0, 0.05) is 5.56 Å². The zero-order valence-electron chi connectivity index (χ0n) is 11.1. The Morgan fingerprint density at radius 3 is 2.40 bits per heavy atom. The van der Waals surface area contributed by atoms with Crippen molar-refractivity contribution in [1.29, 1.82) is 0 Å². The molecule has 0 radical (unpaired) electrons. The third kappa shape index (κ3) is 1.90. The molecule has 3 atom stereocenters. The van der Waals surface area contributed by atoms with Crippen LogP contribution in [0.3, 0.4) is 0 Å². The van der Waals surface area contributed by atoms with Crippen molar-refractivity contribution >= 4 is 0 Å². The van der Waals surface area contributed by atoms with Crippen molar-refractivity contribution in [3.05, 3.63) is 65.7 Å². The summed E-state index contributed by atoms with van der Waals surface area (Å²) >= 11 is 0. The first-order chi connectivity index (χ1) is 9.93. The van der Waals surface area contributed by atoms with Crippen molar-refractivity contribution < 1.29 is 14.2 Å². The number of benzene rings is 2. The van der Waals surface area contributed by atoms with Crippen LogP contribution in [0.25, 0.3) is 0 Å². The van der Waals surface area contributed by atoms with Gasteiger partial charge >= 0.3 is 0 Å². The highest BCUT2D eigenvalue weighted by Crippen LogP contribution is 2.45. The molecule has 2 aliphatic rings. The molecule has 4 rings (SSSR count). The molecule has 0 spiro atoms. The van der Waals surface area contributed by atoms with Crippen LogP contribution in [-0.2, 0) is 9.47 Å². The summed E-state index contributed by atoms with van der Waals surface area (Å²) in [6.07, 6.45) is -0.239. The number of para-hydroxylation sites is 1. The first-order valence-corrected chi connectivity index (χ1v) is 6.97. The average Bonchev–Trinajstić information content (AvgIpc) is 2.55. The molecule has 2 heterocycles. The summed E-state index contributed by atoms with van der Waals surface area (Å²) in [6, 6.07) is 18.3. The van der Waals surface area contributed by atoms with Gasteiger partial charge in [-0.3, -0.25) is 0 Å². The van der Waals surface area contributed by atoms with Crippen LogP contribution < -0.4 is 4.74 Å². The molecule has 0 N–H and O–H groups in total. The van der Waals surface area contributed by atoms with Gasteiger partial charge in [0.2, 0.25) is 0 Å². The van der Waals surface area contributed by atoms with E-state index in [0.717, 1.165) is 16.9 Å². The highest BCUT2D eigenvalue weighted by Gasteiger charge is 2.42. The lowest BCUT2D eigenvalue weighted by atomic mass is 9.91. The van der Waals surface area contributed by atoms with Crippen molar-refractivity contribution in [1.82, 2.24) is 0 Å². The van der Waals surface area contributed by atoms with Gasteiger partial charge in [0.25, 0.3) is 0 Å². The summed E-state index contributed by atoms with van der Waals surface area (Å²) in [7, 11) is 0. The predicted octanol–water partition coefficient (Wildman–Crippen LogP) is 3.28. The van der Waals surface area contributed by atoms with Gasteiger partial charge in [0.05, 0.1) is 13.2 Å². The van der Waals surface area contributed by atoms with E-state index in [4.69, 9.17) is 14.2 Å². The lowest BCUT2D eigenvalue weighted by Crippen LogP contribution is -2.42. The second-order valence-corrected chi connectivity index (χ2v) is 5.11. The Balaban J connectivity index is 1.78. The largest absolute Gasteiger partial charge is 0.482 e. The first-order valence-electron chi connectivity index (χ1n) is 6.97. The maximum atomic E-state index is 6.18. The van der Waals surface area contributed by atoms with Crippen LogP contribution in [-0.4, -0.2) is 19.3 Å². The normalized spacial score (nSPS) is 28.1. The highest BCUT2D eigenvalue weighted by molar-refractivity contribution is 5.40. The maximum Gasteiger partial charge on any atom is 0.153 e. The molecule has 1 fully saturated rings. The Hall–Kier alpha value is -1.84. The van der Waals surface area contributed by atoms with E-state index in [1.165, 1.54) is 0 Å². The van der Waals surface area contributed by atoms with E-state index < -0.39 is 0 Å². The van der Waals surface area contributed by atoms with Crippen molar-refractivity contribution in [2.24, 2.45) is 0 Å². The molecule has 0 amide bonds. The summed E-state index contributed by atoms with van der Waals surface area (Å²) in [5, 5.41) is 0. The van der Waals surface area contributed by atoms with E-state index >= 15 is 0 Å². The van der Waals surface area contributed by atoms with Gasteiger partial charge in [-0.2, -0.15) is 0 Å². The molecule has 20 heavy (non-hydrogen) atoms. The monoisotopic (exact) mass is 268 g/mol. The van der Waals surface area contributed by atoms with E-state index in [0.29, 0.717) is 13.2 Å². The average molecular weight is 268 g/mol. The number of rotatable bonds is 1. The molecule has 3 heteroatoms. The molecule has 2 aliphatic heterocycles. The lowest BCUT2D eigenvalue weighted by Gasteiger charge is -2.41. The molecule has 2 aromatic carbocycles. The Morgan fingerprint density at radius 2 is 1.50 bits per heavy atom. The maximum absolute atomic E-state index is 6.18. The second-order valence-electron chi connectivity index (χ2n) is 5.11. The Labute approximate surface area is 118 Å². The molecular formula is C17H16O3. The predicted molar refractivity (Wildman–Crippen MR) is 74.7 cm³/mol. The van der Waals surface area contributed by atoms with Gasteiger partial charge in [0.15, 0.2) is 6.10 Å².